The summed E-state index contributed by atoms with van der Waals surface area (Å²) >= 11 is 0. The van der Waals surface area contributed by atoms with Crippen LogP contribution >= 0.6 is 0 Å². The van der Waals surface area contributed by atoms with Crippen LogP contribution in [0.2, 0.25) is 0 Å². The van der Waals surface area contributed by atoms with Gasteiger partial charge in [0, 0.05) is 23.3 Å². The summed E-state index contributed by atoms with van der Waals surface area (Å²) in [5.41, 5.74) is 10.4. The number of aromatic amines is 1. The number of rotatable bonds is 2. The van der Waals surface area contributed by atoms with Gasteiger partial charge < -0.3 is 10.7 Å². The molecule has 2 aromatic heterocycles. The molecule has 3 nitrogen and oxygen atoms in total. The van der Waals surface area contributed by atoms with E-state index in [1.807, 2.05) is 12.3 Å². The maximum Gasteiger partial charge on any atom is 0.137 e. The second-order valence-corrected chi connectivity index (χ2v) is 7.80. The molecule has 24 heavy (non-hydrogen) atoms. The molecule has 0 saturated heterocycles. The Morgan fingerprint density at radius 2 is 1.92 bits per heavy atom. The van der Waals surface area contributed by atoms with Gasteiger partial charge in [-0.25, -0.2) is 4.98 Å². The molecule has 2 heterocycles. The molecule has 124 valence electrons. The standard InChI is InChI=1S/C21H25N3/c1-20(2)13-15(18-14-24-19-17(18)9-6-12-23-19)10-11-21(20,22)16-7-4-3-5-8-16/h3-9,12,14-15H,10-11,13,22H2,1-2H3,(H,23,24). The summed E-state index contributed by atoms with van der Waals surface area (Å²) in [5.74, 6) is 0.526. The number of hydrogen-bond acceptors (Lipinski definition) is 2. The highest BCUT2D eigenvalue weighted by molar-refractivity contribution is 5.80. The lowest BCUT2D eigenvalue weighted by Crippen LogP contribution is -2.53. The van der Waals surface area contributed by atoms with Gasteiger partial charge in [0.05, 0.1) is 0 Å². The van der Waals surface area contributed by atoms with Gasteiger partial charge in [0.25, 0.3) is 0 Å². The molecular formula is C21H25N3. The van der Waals surface area contributed by atoms with Crippen molar-refractivity contribution in [3.8, 4) is 0 Å². The fraction of sp³-hybridized carbons (Fsp3) is 0.381. The molecule has 3 heteroatoms. The fourth-order valence-electron chi connectivity index (χ4n) is 4.49. The Morgan fingerprint density at radius 1 is 1.12 bits per heavy atom. The molecule has 2 unspecified atom stereocenters. The smallest absolute Gasteiger partial charge is 0.137 e. The van der Waals surface area contributed by atoms with Crippen LogP contribution in [0.1, 0.15) is 50.2 Å². The molecule has 0 bridgehead atoms. The Morgan fingerprint density at radius 3 is 2.67 bits per heavy atom. The van der Waals surface area contributed by atoms with Crippen molar-refractivity contribution < 1.29 is 0 Å². The van der Waals surface area contributed by atoms with Crippen molar-refractivity contribution in [2.45, 2.75) is 44.6 Å². The van der Waals surface area contributed by atoms with Crippen LogP contribution in [0.25, 0.3) is 11.0 Å². The average Bonchev–Trinajstić information content (AvgIpc) is 3.02. The molecule has 0 aliphatic heterocycles. The minimum Gasteiger partial charge on any atom is -0.346 e. The highest BCUT2D eigenvalue weighted by Gasteiger charge is 2.47. The van der Waals surface area contributed by atoms with E-state index in [0.717, 1.165) is 24.9 Å². The molecule has 3 N–H and O–H groups in total. The lowest BCUT2D eigenvalue weighted by molar-refractivity contribution is 0.0839. The third-order valence-electron chi connectivity index (χ3n) is 6.06. The lowest BCUT2D eigenvalue weighted by Gasteiger charge is -2.50. The molecule has 1 aliphatic rings. The molecule has 0 spiro atoms. The van der Waals surface area contributed by atoms with Crippen molar-refractivity contribution in [1.82, 2.24) is 9.97 Å². The van der Waals surface area contributed by atoms with E-state index in [-0.39, 0.29) is 11.0 Å². The number of fused-ring (bicyclic) bond motifs is 1. The number of aromatic nitrogens is 2. The van der Waals surface area contributed by atoms with Crippen molar-refractivity contribution >= 4 is 11.0 Å². The molecule has 1 fully saturated rings. The van der Waals surface area contributed by atoms with E-state index in [9.17, 15) is 0 Å². The quantitative estimate of drug-likeness (QED) is 0.718. The van der Waals surface area contributed by atoms with E-state index < -0.39 is 0 Å². The van der Waals surface area contributed by atoms with Crippen molar-refractivity contribution in [3.05, 3.63) is 66.0 Å². The van der Waals surface area contributed by atoms with Crippen LogP contribution in [0.15, 0.2) is 54.9 Å². The third kappa shape index (κ3) is 2.27. The predicted octanol–water partition coefficient (Wildman–Crippen LogP) is 4.71. The average molecular weight is 319 g/mol. The van der Waals surface area contributed by atoms with Gasteiger partial charge in [0.1, 0.15) is 5.65 Å². The van der Waals surface area contributed by atoms with Crippen LogP contribution in [0, 0.1) is 5.41 Å². The van der Waals surface area contributed by atoms with E-state index in [1.54, 1.807) is 0 Å². The summed E-state index contributed by atoms with van der Waals surface area (Å²) in [4.78, 5) is 7.75. The molecule has 0 radical (unpaired) electrons. The highest BCUT2D eigenvalue weighted by atomic mass is 14.8. The first-order valence-electron chi connectivity index (χ1n) is 8.78. The Balaban J connectivity index is 1.68. The first-order chi connectivity index (χ1) is 11.5. The monoisotopic (exact) mass is 319 g/mol. The predicted molar refractivity (Wildman–Crippen MR) is 98.8 cm³/mol. The van der Waals surface area contributed by atoms with Gasteiger partial charge >= 0.3 is 0 Å². The Labute approximate surface area is 143 Å². The Bertz CT molecular complexity index is 850. The molecule has 1 aliphatic carbocycles. The Kier molecular flexibility index (Phi) is 3.50. The molecular weight excluding hydrogens is 294 g/mol. The minimum atomic E-state index is -0.269. The number of pyridine rings is 1. The van der Waals surface area contributed by atoms with Gasteiger partial charge in [-0.2, -0.15) is 0 Å². The van der Waals surface area contributed by atoms with E-state index in [0.29, 0.717) is 5.92 Å². The molecule has 1 aromatic carbocycles. The summed E-state index contributed by atoms with van der Waals surface area (Å²) < 4.78 is 0. The number of benzene rings is 1. The molecule has 4 rings (SSSR count). The summed E-state index contributed by atoms with van der Waals surface area (Å²) in [6.45, 7) is 4.64. The normalized spacial score (nSPS) is 26.5. The van der Waals surface area contributed by atoms with E-state index in [2.05, 4.69) is 66.4 Å². The molecule has 1 saturated carbocycles. The molecule has 2 atom stereocenters. The zero-order valence-electron chi connectivity index (χ0n) is 14.4. The third-order valence-corrected chi connectivity index (χ3v) is 6.06. The van der Waals surface area contributed by atoms with Gasteiger partial charge in [-0.05, 0) is 53.9 Å². The first kappa shape index (κ1) is 15.4. The molecule has 0 amide bonds. The van der Waals surface area contributed by atoms with Crippen molar-refractivity contribution in [3.63, 3.8) is 0 Å². The van der Waals surface area contributed by atoms with Crippen LogP contribution < -0.4 is 5.73 Å². The number of nitrogens with zero attached hydrogens (tertiary/aromatic N) is 1. The van der Waals surface area contributed by atoms with Crippen molar-refractivity contribution in [1.29, 1.82) is 0 Å². The zero-order valence-corrected chi connectivity index (χ0v) is 14.4. The maximum atomic E-state index is 6.97. The van der Waals surface area contributed by atoms with Gasteiger partial charge in [-0.3, -0.25) is 0 Å². The van der Waals surface area contributed by atoms with Gasteiger partial charge in [0.15, 0.2) is 0 Å². The van der Waals surface area contributed by atoms with E-state index in [1.165, 1.54) is 16.5 Å². The second-order valence-electron chi connectivity index (χ2n) is 7.80. The fourth-order valence-corrected chi connectivity index (χ4v) is 4.49. The number of nitrogens with two attached hydrogens (primary N) is 1. The van der Waals surface area contributed by atoms with E-state index in [4.69, 9.17) is 5.73 Å². The van der Waals surface area contributed by atoms with Crippen LogP contribution in [-0.4, -0.2) is 9.97 Å². The second kappa shape index (κ2) is 5.45. The summed E-state index contributed by atoms with van der Waals surface area (Å²) in [7, 11) is 0. The number of nitrogens with one attached hydrogen (secondary N) is 1. The van der Waals surface area contributed by atoms with Gasteiger partial charge in [-0.15, -0.1) is 0 Å². The molecule has 3 aromatic rings. The largest absolute Gasteiger partial charge is 0.346 e. The highest BCUT2D eigenvalue weighted by Crippen LogP contribution is 2.53. The summed E-state index contributed by atoms with van der Waals surface area (Å²) in [5, 5.41) is 1.25. The van der Waals surface area contributed by atoms with Crippen molar-refractivity contribution in [2.75, 3.05) is 0 Å². The lowest BCUT2D eigenvalue weighted by atomic mass is 9.57. The van der Waals surface area contributed by atoms with Gasteiger partial charge in [0.2, 0.25) is 0 Å². The van der Waals surface area contributed by atoms with Crippen LogP contribution in [0.4, 0.5) is 0 Å². The van der Waals surface area contributed by atoms with E-state index >= 15 is 0 Å². The van der Waals surface area contributed by atoms with Crippen LogP contribution in [0.5, 0.6) is 0 Å². The minimum absolute atomic E-state index is 0.0308. The summed E-state index contributed by atoms with van der Waals surface area (Å²) in [6, 6.07) is 14.8. The SMILES string of the molecule is CC1(C)CC(c2c[nH]c3ncccc23)CCC1(N)c1ccccc1. The number of H-pyrrole nitrogens is 1. The van der Waals surface area contributed by atoms with Crippen LogP contribution in [0.3, 0.4) is 0 Å². The van der Waals surface area contributed by atoms with Crippen molar-refractivity contribution in [2.24, 2.45) is 11.1 Å². The first-order valence-corrected chi connectivity index (χ1v) is 8.78. The maximum absolute atomic E-state index is 6.97. The van der Waals surface area contributed by atoms with Crippen LogP contribution in [-0.2, 0) is 5.54 Å². The number of hydrogen-bond donors (Lipinski definition) is 2. The Hall–Kier alpha value is -2.13. The topological polar surface area (TPSA) is 54.7 Å². The zero-order chi connectivity index (χ0) is 16.8. The van der Waals surface area contributed by atoms with Gasteiger partial charge in [-0.1, -0.05) is 44.2 Å². The summed E-state index contributed by atoms with van der Waals surface area (Å²) in [6.07, 6.45) is 7.18.